The number of hydrogen-bond donors (Lipinski definition) is 2. The Kier molecular flexibility index (Phi) is 5.08. The topological polar surface area (TPSA) is 63.3 Å². The number of carbonyl (C=O) groups excluding carboxylic acids is 1. The molecule has 1 fully saturated rings. The molecule has 4 rings (SSSR count). The van der Waals surface area contributed by atoms with E-state index in [0.717, 1.165) is 25.7 Å². The highest BCUT2D eigenvalue weighted by molar-refractivity contribution is 5.73. The maximum Gasteiger partial charge on any atom is 0.217 e. The predicted molar refractivity (Wildman–Crippen MR) is 118 cm³/mol. The lowest BCUT2D eigenvalue weighted by molar-refractivity contribution is -0.118. The summed E-state index contributed by atoms with van der Waals surface area (Å²) in [4.78, 5) is 11.3. The van der Waals surface area contributed by atoms with Gasteiger partial charge in [0.1, 0.15) is 0 Å². The fourth-order valence-corrected chi connectivity index (χ4v) is 8.15. The van der Waals surface area contributed by atoms with E-state index in [1.807, 2.05) is 0 Å². The molecule has 3 N–H and O–H groups in total. The lowest BCUT2D eigenvalue weighted by Gasteiger charge is -2.59. The van der Waals surface area contributed by atoms with Crippen LogP contribution < -0.4 is 5.73 Å². The average Bonchev–Trinajstić information content (AvgIpc) is 3.00. The van der Waals surface area contributed by atoms with Crippen molar-refractivity contribution in [3.8, 4) is 0 Å². The van der Waals surface area contributed by atoms with Crippen LogP contribution in [-0.4, -0.2) is 17.1 Å². The average molecular weight is 400 g/mol. The Bertz CT molecular complexity index is 763. The van der Waals surface area contributed by atoms with Crippen molar-refractivity contribution >= 4 is 5.91 Å². The number of aliphatic hydroxyl groups is 1. The van der Waals surface area contributed by atoms with Crippen LogP contribution in [0.3, 0.4) is 0 Å². The molecule has 0 radical (unpaired) electrons. The monoisotopic (exact) mass is 399 g/mol. The van der Waals surface area contributed by atoms with Gasteiger partial charge in [-0.2, -0.15) is 0 Å². The summed E-state index contributed by atoms with van der Waals surface area (Å²) in [6.07, 6.45) is 11.8. The van der Waals surface area contributed by atoms with Crippen molar-refractivity contribution < 1.29 is 9.90 Å². The molecule has 3 nitrogen and oxygen atoms in total. The number of primary amides is 1. The molecular formula is C26H41NO2. The van der Waals surface area contributed by atoms with Crippen LogP contribution >= 0.6 is 0 Å². The van der Waals surface area contributed by atoms with Crippen molar-refractivity contribution in [2.75, 3.05) is 0 Å². The minimum atomic E-state index is -0.171. The number of aliphatic hydroxyl groups excluding tert-OH is 1. The summed E-state index contributed by atoms with van der Waals surface area (Å²) in [6.45, 7) is 11.9. The summed E-state index contributed by atoms with van der Waals surface area (Å²) >= 11 is 0. The smallest absolute Gasteiger partial charge is 0.217 e. The zero-order valence-electron chi connectivity index (χ0n) is 19.2. The molecule has 1 amide bonds. The SMILES string of the molecule is C[C@H](CCC(N)=O)[C@H]1CC=C2C3=C(CC[C@@]21C)[C@@]1(C)CC[C@H](O)C(C)(C)[C@@H]1CC3. The normalized spacial score (nSPS) is 41.9. The lowest BCUT2D eigenvalue weighted by atomic mass is 9.46. The first-order valence-corrected chi connectivity index (χ1v) is 11.9. The van der Waals surface area contributed by atoms with Crippen molar-refractivity contribution in [3.63, 3.8) is 0 Å². The lowest BCUT2D eigenvalue weighted by Crippen LogP contribution is -2.53. The van der Waals surface area contributed by atoms with Gasteiger partial charge in [-0.15, -0.1) is 0 Å². The molecule has 29 heavy (non-hydrogen) atoms. The van der Waals surface area contributed by atoms with E-state index < -0.39 is 0 Å². The van der Waals surface area contributed by atoms with Crippen molar-refractivity contribution in [1.29, 1.82) is 0 Å². The molecule has 0 aromatic rings. The first-order chi connectivity index (χ1) is 13.5. The Hall–Kier alpha value is -1.09. The molecule has 1 saturated carbocycles. The number of allylic oxidation sites excluding steroid dienone is 4. The summed E-state index contributed by atoms with van der Waals surface area (Å²) in [5, 5.41) is 10.7. The van der Waals surface area contributed by atoms with E-state index in [-0.39, 0.29) is 28.3 Å². The Morgan fingerprint density at radius 1 is 1.17 bits per heavy atom. The van der Waals surface area contributed by atoms with Gasteiger partial charge in [-0.25, -0.2) is 0 Å². The van der Waals surface area contributed by atoms with Gasteiger partial charge in [-0.05, 0) is 96.5 Å². The van der Waals surface area contributed by atoms with Crippen molar-refractivity contribution in [2.24, 2.45) is 39.7 Å². The quantitative estimate of drug-likeness (QED) is 0.653. The summed E-state index contributed by atoms with van der Waals surface area (Å²) in [5.74, 6) is 1.56. The molecule has 0 aromatic heterocycles. The summed E-state index contributed by atoms with van der Waals surface area (Å²) in [6, 6.07) is 0. The molecule has 0 aliphatic heterocycles. The number of fused-ring (bicyclic) bond motifs is 4. The van der Waals surface area contributed by atoms with Crippen LogP contribution in [0, 0.1) is 34.0 Å². The van der Waals surface area contributed by atoms with Gasteiger partial charge in [0.2, 0.25) is 5.91 Å². The van der Waals surface area contributed by atoms with E-state index in [4.69, 9.17) is 5.73 Å². The number of amides is 1. The third-order valence-electron chi connectivity index (χ3n) is 9.96. The molecule has 0 saturated heterocycles. The third-order valence-corrected chi connectivity index (χ3v) is 9.96. The molecule has 0 heterocycles. The maximum absolute atomic E-state index is 11.3. The highest BCUT2D eigenvalue weighted by Crippen LogP contribution is 2.66. The Morgan fingerprint density at radius 3 is 2.59 bits per heavy atom. The molecule has 0 spiro atoms. The van der Waals surface area contributed by atoms with Crippen LogP contribution in [0.4, 0.5) is 0 Å². The fourth-order valence-electron chi connectivity index (χ4n) is 8.15. The molecule has 3 heteroatoms. The van der Waals surface area contributed by atoms with Gasteiger partial charge in [-0.1, -0.05) is 46.3 Å². The van der Waals surface area contributed by atoms with Crippen LogP contribution in [0.15, 0.2) is 22.8 Å². The minimum Gasteiger partial charge on any atom is -0.393 e. The molecule has 0 unspecified atom stereocenters. The van der Waals surface area contributed by atoms with Gasteiger partial charge >= 0.3 is 0 Å². The molecular weight excluding hydrogens is 358 g/mol. The minimum absolute atomic E-state index is 0.00213. The van der Waals surface area contributed by atoms with E-state index in [2.05, 4.69) is 40.7 Å². The molecule has 4 aliphatic carbocycles. The van der Waals surface area contributed by atoms with E-state index in [1.165, 1.54) is 25.7 Å². The van der Waals surface area contributed by atoms with Crippen LogP contribution in [0.2, 0.25) is 0 Å². The van der Waals surface area contributed by atoms with Crippen LogP contribution in [0.1, 0.15) is 92.4 Å². The zero-order chi connectivity index (χ0) is 21.2. The van der Waals surface area contributed by atoms with Gasteiger partial charge in [0, 0.05) is 6.42 Å². The van der Waals surface area contributed by atoms with Crippen LogP contribution in [0.25, 0.3) is 0 Å². The number of hydrogen-bond acceptors (Lipinski definition) is 2. The summed E-state index contributed by atoms with van der Waals surface area (Å²) in [5.41, 5.74) is 11.0. The van der Waals surface area contributed by atoms with E-state index in [1.54, 1.807) is 16.7 Å². The van der Waals surface area contributed by atoms with Crippen LogP contribution in [0.5, 0.6) is 0 Å². The molecule has 4 aliphatic rings. The highest BCUT2D eigenvalue weighted by atomic mass is 16.3. The molecule has 0 bridgehead atoms. The fraction of sp³-hybridized carbons (Fsp3) is 0.808. The Balaban J connectivity index is 1.64. The maximum atomic E-state index is 11.3. The number of rotatable bonds is 4. The zero-order valence-corrected chi connectivity index (χ0v) is 19.2. The van der Waals surface area contributed by atoms with E-state index in [0.29, 0.717) is 24.2 Å². The van der Waals surface area contributed by atoms with Crippen molar-refractivity contribution in [1.82, 2.24) is 0 Å². The second kappa shape index (κ2) is 6.97. The van der Waals surface area contributed by atoms with Gasteiger partial charge < -0.3 is 10.8 Å². The van der Waals surface area contributed by atoms with Gasteiger partial charge in [-0.3, -0.25) is 4.79 Å². The van der Waals surface area contributed by atoms with Gasteiger partial charge in [0.25, 0.3) is 0 Å². The van der Waals surface area contributed by atoms with Crippen LogP contribution in [-0.2, 0) is 4.79 Å². The van der Waals surface area contributed by atoms with E-state index >= 15 is 0 Å². The summed E-state index contributed by atoms with van der Waals surface area (Å²) < 4.78 is 0. The second-order valence-corrected chi connectivity index (χ2v) is 11.7. The largest absolute Gasteiger partial charge is 0.393 e. The number of carbonyl (C=O) groups is 1. The first kappa shape index (κ1) is 21.2. The van der Waals surface area contributed by atoms with Crippen molar-refractivity contribution in [2.45, 2.75) is 98.5 Å². The Morgan fingerprint density at radius 2 is 1.90 bits per heavy atom. The predicted octanol–water partition coefficient (Wildman–Crippen LogP) is 5.53. The van der Waals surface area contributed by atoms with Gasteiger partial charge in [0.05, 0.1) is 6.10 Å². The summed E-state index contributed by atoms with van der Waals surface area (Å²) in [7, 11) is 0. The van der Waals surface area contributed by atoms with Crippen molar-refractivity contribution in [3.05, 3.63) is 22.8 Å². The Labute approximate surface area is 177 Å². The highest BCUT2D eigenvalue weighted by Gasteiger charge is 2.57. The molecule has 162 valence electrons. The second-order valence-electron chi connectivity index (χ2n) is 11.7. The molecule has 0 aromatic carbocycles. The molecule has 6 atom stereocenters. The third kappa shape index (κ3) is 3.06. The first-order valence-electron chi connectivity index (χ1n) is 11.9. The standard InChI is InChI=1S/C26H41NO2/c1-16(6-11-23(27)29)18-8-9-19-17-7-10-21-24(2,3)22(28)13-15-26(21,5)20(17)12-14-25(18,19)4/h9,16,18,21-22,28H,6-8,10-15H2,1-5H3,(H2,27,29)/t16-,18-,21+,22+,25-,26-/m1/s1. The van der Waals surface area contributed by atoms with Gasteiger partial charge in [0.15, 0.2) is 0 Å². The van der Waals surface area contributed by atoms with E-state index in [9.17, 15) is 9.90 Å². The number of nitrogens with two attached hydrogens (primary N) is 1.